The van der Waals surface area contributed by atoms with Gasteiger partial charge in [-0.2, -0.15) is 0 Å². The van der Waals surface area contributed by atoms with Crippen LogP contribution in [0.4, 0.5) is 0 Å². The fraction of sp³-hybridized carbons (Fsp3) is 0.327. The van der Waals surface area contributed by atoms with Crippen molar-refractivity contribution in [2.45, 2.75) is 223 Å². The second kappa shape index (κ2) is 35.5. The van der Waals surface area contributed by atoms with Gasteiger partial charge in [-0.3, -0.25) is 0 Å². The Bertz CT molecular complexity index is 5500. The van der Waals surface area contributed by atoms with E-state index in [4.69, 9.17) is 0 Å². The molecule has 0 spiro atoms. The predicted octanol–water partition coefficient (Wildman–Crippen LogP) is 31.8. The molecule has 0 N–H and O–H groups in total. The quantitative estimate of drug-likeness (QED) is 0.0284. The number of thioether (sulfide) groups is 2. The van der Waals surface area contributed by atoms with Gasteiger partial charge in [-0.05, 0) is 243 Å². The van der Waals surface area contributed by atoms with Crippen LogP contribution in [-0.2, 0) is 18.3 Å². The Morgan fingerprint density at radius 1 is 0.248 bits per heavy atom. The molecule has 0 amide bonds. The molecule has 0 fully saturated rings. The van der Waals surface area contributed by atoms with Crippen molar-refractivity contribution < 1.29 is 0 Å². The first-order chi connectivity index (χ1) is 55.8. The summed E-state index contributed by atoms with van der Waals surface area (Å²) in [5.41, 5.74) is 27.1. The maximum absolute atomic E-state index is 2.75. The highest BCUT2D eigenvalue weighted by Gasteiger charge is 2.43. The zero-order valence-corrected chi connectivity index (χ0v) is 69.2. The summed E-state index contributed by atoms with van der Waals surface area (Å²) in [4.78, 5) is 3.06. The van der Waals surface area contributed by atoms with E-state index in [9.17, 15) is 0 Å². The van der Waals surface area contributed by atoms with Gasteiger partial charge in [0.1, 0.15) is 0 Å². The number of hydrogen-bond acceptors (Lipinski definition) is 2. The van der Waals surface area contributed by atoms with Crippen LogP contribution in [-0.4, -0.2) is 29.8 Å². The van der Waals surface area contributed by atoms with E-state index in [0.29, 0.717) is 0 Å². The highest BCUT2D eigenvalue weighted by Crippen LogP contribution is 2.57. The molecule has 17 rings (SSSR count). The summed E-state index contributed by atoms with van der Waals surface area (Å²) < 4.78 is 9.74. The maximum atomic E-state index is 2.75. The third-order valence-corrected chi connectivity index (χ3v) is 28.0. The summed E-state index contributed by atoms with van der Waals surface area (Å²) in [5.74, 6) is 2.39. The Morgan fingerprint density at radius 2 is 0.513 bits per heavy atom. The molecular weight excluding hydrogens is 1410 g/mol. The number of para-hydroxylation sites is 6. The van der Waals surface area contributed by atoms with E-state index in [2.05, 4.69) is 324 Å². The van der Waals surface area contributed by atoms with Crippen LogP contribution >= 0.6 is 23.5 Å². The average molecular weight is 1520 g/mol. The molecule has 0 aliphatic heterocycles. The number of unbranched alkanes of at least 4 members (excludes halogenated alkanes) is 20. The molecule has 6 heteroatoms. The normalized spacial score (nSPS) is 12.7. The van der Waals surface area contributed by atoms with Crippen molar-refractivity contribution in [1.82, 2.24) is 18.3 Å². The first kappa shape index (κ1) is 76.2. The smallest absolute Gasteiger partial charge is 0.0541 e. The number of benzene rings is 12. The molecule has 0 unspecified atom stereocenters. The predicted molar refractivity (Wildman–Crippen MR) is 493 cm³/mol. The summed E-state index contributed by atoms with van der Waals surface area (Å²) >= 11 is 4.31. The Morgan fingerprint density at radius 3 is 0.832 bits per heavy atom. The summed E-state index contributed by atoms with van der Waals surface area (Å²) in [7, 11) is 0. The minimum absolute atomic E-state index is 0.0782. The molecule has 0 atom stereocenters. The molecule has 4 aromatic heterocycles. The van der Waals surface area contributed by atoms with Crippen molar-refractivity contribution in [3.05, 3.63) is 288 Å². The van der Waals surface area contributed by atoms with Crippen LogP contribution in [0.5, 0.6) is 0 Å². The van der Waals surface area contributed by atoms with Crippen LogP contribution in [0.2, 0.25) is 0 Å². The van der Waals surface area contributed by atoms with E-state index < -0.39 is 0 Å². The molecule has 4 nitrogen and oxygen atoms in total. The van der Waals surface area contributed by atoms with E-state index in [-0.39, 0.29) is 5.41 Å². The van der Waals surface area contributed by atoms with E-state index in [0.717, 1.165) is 12.8 Å². The number of nitrogens with zero attached hydrogens (tertiary/aromatic N) is 4. The fourth-order valence-corrected chi connectivity index (χ4v) is 21.7. The van der Waals surface area contributed by atoms with Crippen LogP contribution < -0.4 is 0 Å². The van der Waals surface area contributed by atoms with Crippen molar-refractivity contribution in [3.63, 3.8) is 0 Å². The Kier molecular flexibility index (Phi) is 23.9. The average Bonchev–Trinajstić information content (AvgIpc) is 1.55. The first-order valence-corrected chi connectivity index (χ1v) is 45.6. The molecule has 113 heavy (non-hydrogen) atoms. The van der Waals surface area contributed by atoms with E-state index in [1.807, 2.05) is 0 Å². The van der Waals surface area contributed by atoms with Crippen LogP contribution in [0.3, 0.4) is 0 Å². The van der Waals surface area contributed by atoms with Gasteiger partial charge in [0, 0.05) is 81.0 Å². The molecule has 0 saturated carbocycles. The number of fused-ring (bicyclic) bond motifs is 15. The summed E-state index contributed by atoms with van der Waals surface area (Å²) in [6.45, 7) is 9.54. The third kappa shape index (κ3) is 15.7. The van der Waals surface area contributed by atoms with Gasteiger partial charge in [-0.15, -0.1) is 23.5 Å². The van der Waals surface area contributed by atoms with E-state index in [1.165, 1.54) is 320 Å². The minimum atomic E-state index is 0.0782. The van der Waals surface area contributed by atoms with Crippen molar-refractivity contribution in [1.29, 1.82) is 0 Å². The standard InChI is InChI=1S/C107H114N4S2/c1-5-7-9-11-19-37-67-107(68-38-20-12-10-8-6-2)95-75-105(112-69-39-21-15-13-17-23-41-79-55-65-103-93(73-79)89-47-29-35-53-101(89)110(103)83-61-57-81(58-62-83)108-97-49-31-25-43-85(97)86-44-26-32-50-98(86)108)77(3)71-91(95)92-72-78(4)106(76-96(92)107)113-70-40-22-16-14-18-24-42-80-56-66-104-94(74-80)90-48-30-36-54-102(90)111(104)84-63-59-82(60-64-84)109-99-51-33-27-45-87(99)88-46-28-34-52-100(88)109/h25-36,43-66,71-76H,5-24,37-42,67-70H2,1-4H3. The van der Waals surface area contributed by atoms with Gasteiger partial charge in [0.2, 0.25) is 0 Å². The summed E-state index contributed by atoms with van der Waals surface area (Å²) in [6, 6.07) is 96.8. The Labute approximate surface area is 680 Å². The van der Waals surface area contributed by atoms with Crippen LogP contribution in [0.15, 0.2) is 265 Å². The summed E-state index contributed by atoms with van der Waals surface area (Å²) in [5, 5.41) is 10.5. The van der Waals surface area contributed by atoms with E-state index in [1.54, 1.807) is 22.3 Å². The van der Waals surface area contributed by atoms with Gasteiger partial charge in [0.05, 0.1) is 44.1 Å². The molecule has 0 radical (unpaired) electrons. The van der Waals surface area contributed by atoms with Gasteiger partial charge in [-0.1, -0.05) is 276 Å². The highest BCUT2D eigenvalue weighted by atomic mass is 32.2. The van der Waals surface area contributed by atoms with Gasteiger partial charge in [0.15, 0.2) is 0 Å². The van der Waals surface area contributed by atoms with Gasteiger partial charge in [0.25, 0.3) is 0 Å². The zero-order chi connectivity index (χ0) is 76.5. The number of aryl methyl sites for hydroxylation is 4. The molecule has 0 bridgehead atoms. The van der Waals surface area contributed by atoms with Gasteiger partial charge < -0.3 is 18.3 Å². The van der Waals surface area contributed by atoms with Gasteiger partial charge >= 0.3 is 0 Å². The van der Waals surface area contributed by atoms with E-state index >= 15 is 0 Å². The SMILES string of the molecule is CCCCCCCCC1(CCCCCCCC)c2cc(SCCCCCCCCc3ccc4c(c3)c3ccccc3n4-c3ccc(-n4c5ccccc5c5ccccc54)cc3)c(C)cc2-c2cc(C)c(SCCCCCCCCc3ccc4c(c3)c3ccccc3n4-c3ccc(-n4c5ccccc5c5ccccc54)cc3)cc21. The van der Waals surface area contributed by atoms with Crippen molar-refractivity contribution >= 4 is 111 Å². The lowest BCUT2D eigenvalue weighted by molar-refractivity contribution is 0.397. The fourth-order valence-electron chi connectivity index (χ4n) is 19.6. The van der Waals surface area contributed by atoms with Crippen molar-refractivity contribution in [2.24, 2.45) is 0 Å². The lowest BCUT2D eigenvalue weighted by Gasteiger charge is -2.34. The van der Waals surface area contributed by atoms with Crippen LogP contribution in [0.1, 0.15) is 214 Å². The second-order valence-corrected chi connectivity index (χ2v) is 35.3. The van der Waals surface area contributed by atoms with Crippen LogP contribution in [0, 0.1) is 13.8 Å². The first-order valence-electron chi connectivity index (χ1n) is 43.6. The lowest BCUT2D eigenvalue weighted by Crippen LogP contribution is -2.26. The molecule has 1 aliphatic rings. The summed E-state index contributed by atoms with van der Waals surface area (Å²) in [6.07, 6.45) is 36.4. The largest absolute Gasteiger partial charge is 0.309 e. The minimum Gasteiger partial charge on any atom is -0.309 e. The molecule has 4 heterocycles. The van der Waals surface area contributed by atoms with Crippen molar-refractivity contribution in [2.75, 3.05) is 11.5 Å². The maximum Gasteiger partial charge on any atom is 0.0541 e. The third-order valence-electron chi connectivity index (χ3n) is 25.5. The highest BCUT2D eigenvalue weighted by molar-refractivity contribution is 7.99. The molecule has 0 saturated heterocycles. The van der Waals surface area contributed by atoms with Crippen LogP contribution in [0.25, 0.3) is 121 Å². The monoisotopic (exact) mass is 1520 g/mol. The second-order valence-electron chi connectivity index (χ2n) is 33.1. The molecule has 1 aliphatic carbocycles. The number of rotatable bonds is 38. The molecular formula is C107H114N4S2. The lowest BCUT2D eigenvalue weighted by atomic mass is 9.70. The number of hydrogen-bond donors (Lipinski definition) is 0. The Hall–Kier alpha value is -9.46. The topological polar surface area (TPSA) is 19.7 Å². The molecule has 12 aromatic carbocycles. The van der Waals surface area contributed by atoms with Gasteiger partial charge in [-0.25, -0.2) is 0 Å². The van der Waals surface area contributed by atoms with Crippen molar-refractivity contribution in [3.8, 4) is 33.9 Å². The molecule has 574 valence electrons. The number of aromatic nitrogens is 4. The molecule has 16 aromatic rings. The Balaban J connectivity index is 0.501. The zero-order valence-electron chi connectivity index (χ0n) is 67.6.